The number of alkyl halides is 3. The highest BCUT2D eigenvalue weighted by Crippen LogP contribution is 2.32. The maximum absolute atomic E-state index is 12.6. The van der Waals surface area contributed by atoms with Gasteiger partial charge in [0, 0.05) is 18.4 Å². The Morgan fingerprint density at radius 2 is 2.03 bits per heavy atom. The van der Waals surface area contributed by atoms with Gasteiger partial charge in [0.15, 0.2) is 11.7 Å². The summed E-state index contributed by atoms with van der Waals surface area (Å²) >= 11 is 5.77. The van der Waals surface area contributed by atoms with Gasteiger partial charge in [-0.05, 0) is 25.0 Å². The summed E-state index contributed by atoms with van der Waals surface area (Å²) in [5.41, 5.74) is 5.55. The van der Waals surface area contributed by atoms with E-state index in [1.807, 2.05) is 13.8 Å². The van der Waals surface area contributed by atoms with Crippen molar-refractivity contribution in [1.82, 2.24) is 20.3 Å². The molecular weight excluding hydrogens is 437 g/mol. The van der Waals surface area contributed by atoms with Crippen molar-refractivity contribution in [3.63, 3.8) is 0 Å². The Morgan fingerprint density at radius 3 is 2.65 bits per heavy atom. The molecule has 2 aromatic rings. The van der Waals surface area contributed by atoms with E-state index >= 15 is 0 Å². The van der Waals surface area contributed by atoms with Crippen LogP contribution in [0.25, 0.3) is 0 Å². The Hall–Kier alpha value is -2.95. The highest BCUT2D eigenvalue weighted by Gasteiger charge is 2.31. The van der Waals surface area contributed by atoms with Gasteiger partial charge in [-0.1, -0.05) is 25.4 Å². The average Bonchev–Trinajstić information content (AvgIpc) is 2.68. The van der Waals surface area contributed by atoms with Crippen LogP contribution in [0.2, 0.25) is 5.02 Å². The van der Waals surface area contributed by atoms with Crippen LogP contribution in [0, 0.1) is 12.8 Å². The molecule has 2 rings (SSSR count). The molecule has 1 amide bonds. The fraction of sp³-hybridized carbons (Fsp3) is 0.421. The van der Waals surface area contributed by atoms with Crippen molar-refractivity contribution in [1.29, 1.82) is 0 Å². The summed E-state index contributed by atoms with van der Waals surface area (Å²) in [4.78, 5) is 28.5. The molecule has 0 spiro atoms. The molecule has 0 atom stereocenters. The molecule has 168 valence electrons. The molecule has 0 saturated carbocycles. The van der Waals surface area contributed by atoms with Crippen molar-refractivity contribution in [2.75, 3.05) is 19.7 Å². The Labute approximate surface area is 182 Å². The number of halogens is 4. The second-order valence-electron chi connectivity index (χ2n) is 6.95. The van der Waals surface area contributed by atoms with E-state index in [0.29, 0.717) is 24.4 Å². The molecule has 0 fully saturated rings. The maximum atomic E-state index is 12.6. The minimum absolute atomic E-state index is 0.0349. The molecule has 0 aliphatic heterocycles. The number of hydrogen-bond donors (Lipinski definition) is 2. The zero-order valence-electron chi connectivity index (χ0n) is 17.1. The lowest BCUT2D eigenvalue weighted by atomic mass is 10.2. The molecule has 3 N–H and O–H groups in total. The van der Waals surface area contributed by atoms with Crippen molar-refractivity contribution in [3.05, 3.63) is 46.1 Å². The number of amides is 1. The Kier molecular flexibility index (Phi) is 8.14. The number of aliphatic imine (C=N–C) groups is 1. The number of carbonyl (C=O) groups is 1. The zero-order chi connectivity index (χ0) is 23.2. The molecule has 0 bridgehead atoms. The van der Waals surface area contributed by atoms with Crippen molar-refractivity contribution >= 4 is 23.3 Å². The van der Waals surface area contributed by atoms with E-state index in [1.54, 1.807) is 6.92 Å². The van der Waals surface area contributed by atoms with Crippen molar-refractivity contribution in [2.45, 2.75) is 26.9 Å². The van der Waals surface area contributed by atoms with E-state index in [1.165, 1.54) is 6.07 Å². The summed E-state index contributed by atoms with van der Waals surface area (Å²) in [6.07, 6.45) is -3.93. The third-order valence-electron chi connectivity index (χ3n) is 3.70. The molecule has 0 saturated heterocycles. The van der Waals surface area contributed by atoms with Crippen LogP contribution >= 0.6 is 11.6 Å². The van der Waals surface area contributed by atoms with Crippen LogP contribution in [0.4, 0.5) is 13.2 Å². The molecule has 0 aliphatic rings. The van der Waals surface area contributed by atoms with Gasteiger partial charge in [0.05, 0.1) is 12.1 Å². The second-order valence-corrected chi connectivity index (χ2v) is 7.36. The number of aromatic nitrogens is 3. The topological polar surface area (TPSA) is 115 Å². The highest BCUT2D eigenvalue weighted by atomic mass is 35.5. The number of aryl methyl sites for hydroxylation is 1. The van der Waals surface area contributed by atoms with Gasteiger partial charge in [0.2, 0.25) is 5.88 Å². The van der Waals surface area contributed by atoms with Gasteiger partial charge >= 0.3 is 6.18 Å². The smallest absolute Gasteiger partial charge is 0.417 e. The largest absolute Gasteiger partial charge is 0.475 e. The molecular formula is C19H22ClF3N6O2. The third-order valence-corrected chi connectivity index (χ3v) is 3.97. The molecule has 0 unspecified atom stereocenters. The lowest BCUT2D eigenvalue weighted by molar-refractivity contribution is -0.137. The number of pyridine rings is 1. The third kappa shape index (κ3) is 7.35. The monoisotopic (exact) mass is 458 g/mol. The first kappa shape index (κ1) is 24.3. The Morgan fingerprint density at radius 1 is 1.32 bits per heavy atom. The minimum Gasteiger partial charge on any atom is -0.475 e. The maximum Gasteiger partial charge on any atom is 0.417 e. The average molecular weight is 459 g/mol. The predicted octanol–water partition coefficient (Wildman–Crippen LogP) is 3.02. The van der Waals surface area contributed by atoms with Gasteiger partial charge in [-0.25, -0.2) is 15.0 Å². The fourth-order valence-electron chi connectivity index (χ4n) is 2.24. The molecule has 2 heterocycles. The van der Waals surface area contributed by atoms with E-state index in [-0.39, 0.29) is 41.4 Å². The number of carbonyl (C=O) groups excluding carboxylic acids is 1. The number of nitrogens with one attached hydrogen (secondary N) is 1. The van der Waals surface area contributed by atoms with Crippen LogP contribution in [0.15, 0.2) is 23.3 Å². The van der Waals surface area contributed by atoms with E-state index in [9.17, 15) is 18.0 Å². The highest BCUT2D eigenvalue weighted by molar-refractivity contribution is 6.31. The standard InChI is InChI=1S/C19H22ClF3N6O2/c1-10(2)8-26-15(24)16-28-11(3)6-14(29-16)17(30)25-4-5-31-18-13(20)7-12(9-27-18)19(21,22)23/h6-7,9-10H,4-5,8H2,1-3H3,(H2,24,26)(H,25,30). The van der Waals surface area contributed by atoms with E-state index in [4.69, 9.17) is 22.1 Å². The van der Waals surface area contributed by atoms with E-state index in [0.717, 1.165) is 6.07 Å². The molecule has 0 radical (unpaired) electrons. The Balaban J connectivity index is 1.95. The van der Waals surface area contributed by atoms with E-state index in [2.05, 4.69) is 25.3 Å². The first-order valence-electron chi connectivity index (χ1n) is 9.27. The van der Waals surface area contributed by atoms with Gasteiger partial charge in [-0.15, -0.1) is 0 Å². The summed E-state index contributed by atoms with van der Waals surface area (Å²) in [6, 6.07) is 2.21. The number of nitrogens with zero attached hydrogens (tertiary/aromatic N) is 4. The first-order chi connectivity index (χ1) is 14.5. The number of nitrogens with two attached hydrogens (primary N) is 1. The summed E-state index contributed by atoms with van der Waals surface area (Å²) in [5, 5.41) is 2.30. The van der Waals surface area contributed by atoms with Gasteiger partial charge in [-0.2, -0.15) is 13.2 Å². The zero-order valence-corrected chi connectivity index (χ0v) is 17.9. The summed E-state index contributed by atoms with van der Waals surface area (Å²) < 4.78 is 43.1. The Bertz CT molecular complexity index is 966. The van der Waals surface area contributed by atoms with E-state index < -0.39 is 17.6 Å². The summed E-state index contributed by atoms with van der Waals surface area (Å²) in [6.45, 7) is 6.14. The van der Waals surface area contributed by atoms with Gasteiger partial charge in [0.1, 0.15) is 17.3 Å². The lowest BCUT2D eigenvalue weighted by Gasteiger charge is -2.11. The van der Waals surface area contributed by atoms with Gasteiger partial charge in [0.25, 0.3) is 5.91 Å². The predicted molar refractivity (Wildman–Crippen MR) is 109 cm³/mol. The SMILES string of the molecule is Cc1cc(C(=O)NCCOc2ncc(C(F)(F)F)cc2Cl)nc(C(N)=NCC(C)C)n1. The second kappa shape index (κ2) is 10.4. The van der Waals surface area contributed by atoms with Crippen LogP contribution in [0.3, 0.4) is 0 Å². The normalized spacial score (nSPS) is 12.2. The molecule has 8 nitrogen and oxygen atoms in total. The van der Waals surface area contributed by atoms with Crippen LogP contribution in [0.5, 0.6) is 5.88 Å². The van der Waals surface area contributed by atoms with Crippen LogP contribution < -0.4 is 15.8 Å². The molecule has 0 aliphatic carbocycles. The number of hydrogen-bond acceptors (Lipinski definition) is 6. The summed E-state index contributed by atoms with van der Waals surface area (Å²) in [5.74, 6) is -0.0731. The summed E-state index contributed by atoms with van der Waals surface area (Å²) in [7, 11) is 0. The molecule has 12 heteroatoms. The van der Waals surface area contributed by atoms with Crippen LogP contribution in [-0.4, -0.2) is 46.4 Å². The lowest BCUT2D eigenvalue weighted by Crippen LogP contribution is -2.30. The van der Waals surface area contributed by atoms with Crippen LogP contribution in [-0.2, 0) is 6.18 Å². The van der Waals surface area contributed by atoms with Gasteiger partial charge < -0.3 is 15.8 Å². The molecule has 2 aromatic heterocycles. The van der Waals surface area contributed by atoms with Crippen LogP contribution in [0.1, 0.15) is 41.4 Å². The molecule has 0 aromatic carbocycles. The molecule has 31 heavy (non-hydrogen) atoms. The first-order valence-corrected chi connectivity index (χ1v) is 9.65. The fourth-order valence-corrected chi connectivity index (χ4v) is 2.46. The number of rotatable bonds is 8. The van der Waals surface area contributed by atoms with Crippen molar-refractivity contribution in [3.8, 4) is 5.88 Å². The van der Waals surface area contributed by atoms with Crippen molar-refractivity contribution in [2.24, 2.45) is 16.6 Å². The number of ether oxygens (including phenoxy) is 1. The quantitative estimate of drug-likeness (QED) is 0.357. The van der Waals surface area contributed by atoms with Gasteiger partial charge in [-0.3, -0.25) is 9.79 Å². The number of amidine groups is 1. The van der Waals surface area contributed by atoms with Crippen molar-refractivity contribution < 1.29 is 22.7 Å². The minimum atomic E-state index is -4.55.